The lowest BCUT2D eigenvalue weighted by Crippen LogP contribution is -2.22. The summed E-state index contributed by atoms with van der Waals surface area (Å²) in [5, 5.41) is 12.5. The lowest BCUT2D eigenvalue weighted by atomic mass is 10.1. The van der Waals surface area contributed by atoms with E-state index in [-0.39, 0.29) is 11.6 Å². The standard InChI is InChI=1S/C15H21ClN4/c1-11(12-5-7-13(16)8-6-12)17-9-14-10-20(19-18-14)15(2,3)4/h5-8,10-11,17H,9H2,1-4H3. The van der Waals surface area contributed by atoms with Crippen molar-refractivity contribution >= 4 is 11.6 Å². The van der Waals surface area contributed by atoms with Crippen molar-refractivity contribution in [2.24, 2.45) is 0 Å². The fraction of sp³-hybridized carbons (Fsp3) is 0.467. The molecule has 1 aromatic carbocycles. The van der Waals surface area contributed by atoms with Crippen molar-refractivity contribution in [2.75, 3.05) is 0 Å². The van der Waals surface area contributed by atoms with Crippen molar-refractivity contribution in [2.45, 2.75) is 45.8 Å². The predicted octanol–water partition coefficient (Wildman–Crippen LogP) is 3.54. The molecular formula is C15H21ClN4. The molecule has 0 saturated carbocycles. The Morgan fingerprint density at radius 3 is 2.45 bits per heavy atom. The van der Waals surface area contributed by atoms with Crippen LogP contribution in [0.25, 0.3) is 0 Å². The smallest absolute Gasteiger partial charge is 0.0965 e. The highest BCUT2D eigenvalue weighted by Crippen LogP contribution is 2.17. The molecule has 2 aromatic rings. The van der Waals surface area contributed by atoms with Crippen LogP contribution in [0.1, 0.15) is 45.0 Å². The maximum absolute atomic E-state index is 5.89. The first-order valence-electron chi connectivity index (χ1n) is 6.77. The van der Waals surface area contributed by atoms with Crippen molar-refractivity contribution in [3.8, 4) is 0 Å². The molecule has 0 saturated heterocycles. The Morgan fingerprint density at radius 2 is 1.90 bits per heavy atom. The number of nitrogens with zero attached hydrogens (tertiary/aromatic N) is 3. The maximum Gasteiger partial charge on any atom is 0.0965 e. The molecule has 0 aliphatic heterocycles. The van der Waals surface area contributed by atoms with E-state index < -0.39 is 0 Å². The first-order valence-corrected chi connectivity index (χ1v) is 7.14. The molecule has 20 heavy (non-hydrogen) atoms. The molecule has 0 amide bonds. The number of nitrogens with one attached hydrogen (secondary N) is 1. The first kappa shape index (κ1) is 15.0. The number of rotatable bonds is 4. The van der Waals surface area contributed by atoms with Gasteiger partial charge in [-0.3, -0.25) is 0 Å². The highest BCUT2D eigenvalue weighted by molar-refractivity contribution is 6.30. The van der Waals surface area contributed by atoms with Gasteiger partial charge in [0.05, 0.1) is 17.4 Å². The molecule has 1 atom stereocenters. The zero-order valence-corrected chi connectivity index (χ0v) is 13.1. The molecule has 1 N–H and O–H groups in total. The van der Waals surface area contributed by atoms with Gasteiger partial charge in [0.15, 0.2) is 0 Å². The van der Waals surface area contributed by atoms with Crippen LogP contribution in [-0.4, -0.2) is 15.0 Å². The third-order valence-corrected chi connectivity index (χ3v) is 3.44. The molecule has 5 heteroatoms. The zero-order chi connectivity index (χ0) is 14.8. The van der Waals surface area contributed by atoms with E-state index in [0.29, 0.717) is 6.54 Å². The van der Waals surface area contributed by atoms with Crippen LogP contribution in [-0.2, 0) is 12.1 Å². The third-order valence-electron chi connectivity index (χ3n) is 3.19. The summed E-state index contributed by atoms with van der Waals surface area (Å²) in [6, 6.07) is 8.13. The summed E-state index contributed by atoms with van der Waals surface area (Å²) in [5.41, 5.74) is 2.12. The van der Waals surface area contributed by atoms with Crippen LogP contribution in [0, 0.1) is 0 Å². The quantitative estimate of drug-likeness (QED) is 0.937. The van der Waals surface area contributed by atoms with Crippen LogP contribution >= 0.6 is 11.6 Å². The molecule has 0 fully saturated rings. The van der Waals surface area contributed by atoms with Crippen LogP contribution in [0.5, 0.6) is 0 Å². The van der Waals surface area contributed by atoms with E-state index in [1.165, 1.54) is 5.56 Å². The summed E-state index contributed by atoms with van der Waals surface area (Å²) in [5.74, 6) is 0. The van der Waals surface area contributed by atoms with Crippen molar-refractivity contribution in [1.29, 1.82) is 0 Å². The van der Waals surface area contributed by atoms with Gasteiger partial charge in [0.25, 0.3) is 0 Å². The average molecular weight is 293 g/mol. The molecule has 0 radical (unpaired) electrons. The van der Waals surface area contributed by atoms with Gasteiger partial charge < -0.3 is 5.32 Å². The Morgan fingerprint density at radius 1 is 1.25 bits per heavy atom. The second kappa shape index (κ2) is 5.94. The fourth-order valence-electron chi connectivity index (χ4n) is 1.83. The highest BCUT2D eigenvalue weighted by Gasteiger charge is 2.15. The largest absolute Gasteiger partial charge is 0.304 e. The number of hydrogen-bond donors (Lipinski definition) is 1. The Labute approximate surface area is 125 Å². The fourth-order valence-corrected chi connectivity index (χ4v) is 1.96. The highest BCUT2D eigenvalue weighted by atomic mass is 35.5. The maximum atomic E-state index is 5.89. The van der Waals surface area contributed by atoms with Gasteiger partial charge in [-0.2, -0.15) is 0 Å². The zero-order valence-electron chi connectivity index (χ0n) is 12.4. The molecule has 0 aliphatic rings. The van der Waals surface area contributed by atoms with E-state index in [2.05, 4.69) is 43.3 Å². The van der Waals surface area contributed by atoms with E-state index in [9.17, 15) is 0 Å². The minimum Gasteiger partial charge on any atom is -0.304 e. The lowest BCUT2D eigenvalue weighted by Gasteiger charge is -2.17. The summed E-state index contributed by atoms with van der Waals surface area (Å²) < 4.78 is 1.89. The minimum atomic E-state index is -0.0347. The van der Waals surface area contributed by atoms with Gasteiger partial charge in [0, 0.05) is 17.6 Å². The lowest BCUT2D eigenvalue weighted by molar-refractivity contribution is 0.347. The molecular weight excluding hydrogens is 272 g/mol. The van der Waals surface area contributed by atoms with Gasteiger partial charge in [-0.05, 0) is 45.4 Å². The molecule has 1 unspecified atom stereocenters. The van der Waals surface area contributed by atoms with E-state index in [1.54, 1.807) is 0 Å². The summed E-state index contributed by atoms with van der Waals surface area (Å²) in [6.45, 7) is 9.14. The number of aromatic nitrogens is 3. The second-order valence-electron chi connectivity index (χ2n) is 5.98. The Bertz CT molecular complexity index is 554. The topological polar surface area (TPSA) is 42.7 Å². The number of halogens is 1. The van der Waals surface area contributed by atoms with Crippen molar-refractivity contribution < 1.29 is 0 Å². The number of benzene rings is 1. The van der Waals surface area contributed by atoms with Crippen LogP contribution in [0.15, 0.2) is 30.5 Å². The van der Waals surface area contributed by atoms with Gasteiger partial charge in [-0.1, -0.05) is 28.9 Å². The summed E-state index contributed by atoms with van der Waals surface area (Å²) in [4.78, 5) is 0. The van der Waals surface area contributed by atoms with Gasteiger partial charge in [0.1, 0.15) is 0 Å². The van der Waals surface area contributed by atoms with Crippen LogP contribution in [0.3, 0.4) is 0 Å². The monoisotopic (exact) mass is 292 g/mol. The molecule has 1 heterocycles. The Kier molecular flexibility index (Phi) is 4.45. The Balaban J connectivity index is 1.95. The molecule has 0 bridgehead atoms. The Hall–Kier alpha value is -1.39. The minimum absolute atomic E-state index is 0.0347. The van der Waals surface area contributed by atoms with Crippen molar-refractivity contribution in [1.82, 2.24) is 20.3 Å². The molecule has 4 nitrogen and oxygen atoms in total. The summed E-state index contributed by atoms with van der Waals surface area (Å²) in [7, 11) is 0. The molecule has 0 aliphatic carbocycles. The predicted molar refractivity (Wildman–Crippen MR) is 81.7 cm³/mol. The SMILES string of the molecule is CC(NCc1cn(C(C)(C)C)nn1)c1ccc(Cl)cc1. The molecule has 108 valence electrons. The van der Waals surface area contributed by atoms with Gasteiger partial charge >= 0.3 is 0 Å². The average Bonchev–Trinajstić information content (AvgIpc) is 2.85. The van der Waals surface area contributed by atoms with E-state index in [1.807, 2.05) is 35.1 Å². The third kappa shape index (κ3) is 3.81. The van der Waals surface area contributed by atoms with Gasteiger partial charge in [-0.15, -0.1) is 5.10 Å². The van der Waals surface area contributed by atoms with Crippen LogP contribution in [0.2, 0.25) is 5.02 Å². The van der Waals surface area contributed by atoms with E-state index in [4.69, 9.17) is 11.6 Å². The van der Waals surface area contributed by atoms with E-state index >= 15 is 0 Å². The second-order valence-corrected chi connectivity index (χ2v) is 6.42. The van der Waals surface area contributed by atoms with Gasteiger partial charge in [0.2, 0.25) is 0 Å². The molecule has 1 aromatic heterocycles. The molecule has 2 rings (SSSR count). The van der Waals surface area contributed by atoms with Gasteiger partial charge in [-0.25, -0.2) is 4.68 Å². The van der Waals surface area contributed by atoms with Crippen molar-refractivity contribution in [3.05, 3.63) is 46.7 Å². The van der Waals surface area contributed by atoms with Crippen LogP contribution < -0.4 is 5.32 Å². The van der Waals surface area contributed by atoms with Crippen LogP contribution in [0.4, 0.5) is 0 Å². The number of hydrogen-bond acceptors (Lipinski definition) is 3. The summed E-state index contributed by atoms with van der Waals surface area (Å²) in [6.07, 6.45) is 1.99. The molecule has 0 spiro atoms. The van der Waals surface area contributed by atoms with E-state index in [0.717, 1.165) is 10.7 Å². The van der Waals surface area contributed by atoms with Crippen molar-refractivity contribution in [3.63, 3.8) is 0 Å². The first-order chi connectivity index (χ1) is 9.36. The summed E-state index contributed by atoms with van der Waals surface area (Å²) >= 11 is 5.89. The normalized spacial score (nSPS) is 13.4.